The van der Waals surface area contributed by atoms with E-state index >= 15 is 0 Å². The number of nitrogens with zero attached hydrogens (tertiary/aromatic N) is 1. The van der Waals surface area contributed by atoms with Crippen LogP contribution in [0.3, 0.4) is 0 Å². The van der Waals surface area contributed by atoms with Crippen LogP contribution in [-0.2, 0) is 11.1 Å². The zero-order chi connectivity index (χ0) is 9.68. The lowest BCUT2D eigenvalue weighted by atomic mass is 10.0. The summed E-state index contributed by atoms with van der Waals surface area (Å²) in [7, 11) is 2.20. The molecule has 0 spiro atoms. The van der Waals surface area contributed by atoms with E-state index < -0.39 is 0 Å². The Morgan fingerprint density at radius 3 is 2.85 bits per heavy atom. The molecule has 0 aliphatic rings. The summed E-state index contributed by atoms with van der Waals surface area (Å²) in [6.07, 6.45) is 0. The molecule has 0 amide bonds. The molecule has 1 aromatic rings. The van der Waals surface area contributed by atoms with Crippen molar-refractivity contribution in [2.45, 2.75) is 13.5 Å². The van der Waals surface area contributed by atoms with E-state index in [0.717, 1.165) is 11.1 Å². The maximum atomic E-state index is 8.62. The highest BCUT2D eigenvalue weighted by Crippen LogP contribution is 2.12. The predicted octanol–water partition coefficient (Wildman–Crippen LogP) is 2.19. The third-order valence-corrected chi connectivity index (χ3v) is 1.96. The average Bonchev–Trinajstić information content (AvgIpc) is 2.18. The lowest BCUT2D eigenvalue weighted by Gasteiger charge is -2.06. The minimum absolute atomic E-state index is 0.494. The third-order valence-electron chi connectivity index (χ3n) is 1.80. The first-order chi connectivity index (χ1) is 6.29. The second-order valence-electron chi connectivity index (χ2n) is 2.65. The van der Waals surface area contributed by atoms with E-state index in [1.165, 1.54) is 0 Å². The van der Waals surface area contributed by atoms with E-state index in [1.54, 1.807) is 6.92 Å². The second kappa shape index (κ2) is 4.95. The van der Waals surface area contributed by atoms with Crippen LogP contribution in [0.25, 0.3) is 0 Å². The smallest absolute Gasteiger partial charge is 0.0840 e. The van der Waals surface area contributed by atoms with Gasteiger partial charge in [-0.3, -0.25) is 0 Å². The SMILES string of the molecule is CC(=NO)c1ccccc1COP. The lowest BCUT2D eigenvalue weighted by molar-refractivity contribution is 0.318. The molecule has 0 saturated carbocycles. The molecule has 0 radical (unpaired) electrons. The van der Waals surface area contributed by atoms with Gasteiger partial charge in [0.15, 0.2) is 0 Å². The highest BCUT2D eigenvalue weighted by Gasteiger charge is 2.03. The van der Waals surface area contributed by atoms with Gasteiger partial charge in [0.05, 0.1) is 12.3 Å². The first-order valence-corrected chi connectivity index (χ1v) is 4.35. The Morgan fingerprint density at radius 2 is 2.23 bits per heavy atom. The Labute approximate surface area is 79.7 Å². The van der Waals surface area contributed by atoms with Crippen LogP contribution in [0, 0.1) is 0 Å². The van der Waals surface area contributed by atoms with Crippen LogP contribution in [0.2, 0.25) is 0 Å². The summed E-state index contributed by atoms with van der Waals surface area (Å²) in [6, 6.07) is 7.66. The normalized spacial score (nSPS) is 11.7. The summed E-state index contributed by atoms with van der Waals surface area (Å²) < 4.78 is 4.94. The molecule has 1 unspecified atom stereocenters. The first kappa shape index (κ1) is 10.2. The van der Waals surface area contributed by atoms with E-state index in [0.29, 0.717) is 12.3 Å². The van der Waals surface area contributed by atoms with Crippen LogP contribution in [0.15, 0.2) is 29.4 Å². The summed E-state index contributed by atoms with van der Waals surface area (Å²) in [5.41, 5.74) is 2.51. The van der Waals surface area contributed by atoms with Crippen LogP contribution in [0.1, 0.15) is 18.1 Å². The van der Waals surface area contributed by atoms with Crippen molar-refractivity contribution in [1.29, 1.82) is 0 Å². The molecule has 0 heterocycles. The van der Waals surface area contributed by atoms with Crippen molar-refractivity contribution in [2.75, 3.05) is 0 Å². The molecule has 0 aliphatic heterocycles. The average molecular weight is 197 g/mol. The van der Waals surface area contributed by atoms with Crippen molar-refractivity contribution < 1.29 is 9.73 Å². The minimum Gasteiger partial charge on any atom is -0.411 e. The Balaban J connectivity index is 3.04. The lowest BCUT2D eigenvalue weighted by Crippen LogP contribution is -2.00. The molecule has 1 atom stereocenters. The highest BCUT2D eigenvalue weighted by molar-refractivity contribution is 7.09. The monoisotopic (exact) mass is 197 g/mol. The van der Waals surface area contributed by atoms with E-state index in [4.69, 9.17) is 9.73 Å². The van der Waals surface area contributed by atoms with Crippen LogP contribution >= 0.6 is 9.47 Å². The van der Waals surface area contributed by atoms with Crippen LogP contribution < -0.4 is 0 Å². The zero-order valence-corrected chi connectivity index (χ0v) is 8.55. The van der Waals surface area contributed by atoms with Crippen molar-refractivity contribution >= 4 is 15.2 Å². The number of oxime groups is 1. The minimum atomic E-state index is 0.494. The van der Waals surface area contributed by atoms with Gasteiger partial charge in [0.25, 0.3) is 0 Å². The van der Waals surface area contributed by atoms with Crippen LogP contribution in [0.4, 0.5) is 0 Å². The second-order valence-corrected chi connectivity index (χ2v) is 2.99. The number of rotatable bonds is 3. The quantitative estimate of drug-likeness (QED) is 0.349. The van der Waals surface area contributed by atoms with Gasteiger partial charge in [0.1, 0.15) is 0 Å². The summed E-state index contributed by atoms with van der Waals surface area (Å²) in [5.74, 6) is 0. The topological polar surface area (TPSA) is 41.8 Å². The van der Waals surface area contributed by atoms with Gasteiger partial charge in [0.2, 0.25) is 0 Å². The standard InChI is InChI=1S/C9H12NO2P/c1-7(10-11)9-5-3-2-4-8(9)6-12-13/h2-5,11H,6,13H2,1H3. The zero-order valence-electron chi connectivity index (χ0n) is 7.40. The molecule has 1 rings (SSSR count). The molecule has 4 heteroatoms. The molecule has 3 nitrogen and oxygen atoms in total. The van der Waals surface area contributed by atoms with Crippen LogP contribution in [-0.4, -0.2) is 10.9 Å². The molecule has 0 aromatic heterocycles. The Kier molecular flexibility index (Phi) is 3.87. The van der Waals surface area contributed by atoms with Gasteiger partial charge in [-0.05, 0) is 12.5 Å². The van der Waals surface area contributed by atoms with E-state index in [2.05, 4.69) is 14.6 Å². The third kappa shape index (κ3) is 2.51. The Morgan fingerprint density at radius 1 is 1.54 bits per heavy atom. The fraction of sp³-hybridized carbons (Fsp3) is 0.222. The Bertz CT molecular complexity index is 312. The van der Waals surface area contributed by atoms with Crippen molar-refractivity contribution in [1.82, 2.24) is 0 Å². The van der Waals surface area contributed by atoms with E-state index in [1.807, 2.05) is 24.3 Å². The molecule has 0 aliphatic carbocycles. The summed E-state index contributed by atoms with van der Waals surface area (Å²) >= 11 is 0. The van der Waals surface area contributed by atoms with Gasteiger partial charge in [-0.2, -0.15) is 0 Å². The molecular weight excluding hydrogens is 185 g/mol. The van der Waals surface area contributed by atoms with Gasteiger partial charge in [-0.15, -0.1) is 0 Å². The van der Waals surface area contributed by atoms with Gasteiger partial charge < -0.3 is 9.73 Å². The van der Waals surface area contributed by atoms with Crippen molar-refractivity contribution in [3.63, 3.8) is 0 Å². The summed E-state index contributed by atoms with van der Waals surface area (Å²) in [6.45, 7) is 2.25. The van der Waals surface area contributed by atoms with Gasteiger partial charge in [-0.25, -0.2) is 0 Å². The predicted molar refractivity (Wildman–Crippen MR) is 54.9 cm³/mol. The maximum Gasteiger partial charge on any atom is 0.0840 e. The molecule has 1 aromatic carbocycles. The molecule has 1 N–H and O–H groups in total. The number of hydrogen-bond donors (Lipinski definition) is 1. The van der Waals surface area contributed by atoms with Gasteiger partial charge in [0, 0.05) is 15.0 Å². The van der Waals surface area contributed by atoms with E-state index in [-0.39, 0.29) is 0 Å². The van der Waals surface area contributed by atoms with Crippen LogP contribution in [0.5, 0.6) is 0 Å². The van der Waals surface area contributed by atoms with Crippen molar-refractivity contribution in [2.24, 2.45) is 5.16 Å². The summed E-state index contributed by atoms with van der Waals surface area (Å²) in [5, 5.41) is 11.8. The summed E-state index contributed by atoms with van der Waals surface area (Å²) in [4.78, 5) is 0. The fourth-order valence-electron chi connectivity index (χ4n) is 1.14. The first-order valence-electron chi connectivity index (χ1n) is 3.88. The van der Waals surface area contributed by atoms with Gasteiger partial charge >= 0.3 is 0 Å². The van der Waals surface area contributed by atoms with Crippen molar-refractivity contribution in [3.8, 4) is 0 Å². The molecule has 13 heavy (non-hydrogen) atoms. The molecule has 0 bridgehead atoms. The van der Waals surface area contributed by atoms with Crippen molar-refractivity contribution in [3.05, 3.63) is 35.4 Å². The van der Waals surface area contributed by atoms with Gasteiger partial charge in [-0.1, -0.05) is 29.4 Å². The Hall–Kier alpha value is -0.920. The molecule has 0 saturated heterocycles. The highest BCUT2D eigenvalue weighted by atomic mass is 31.0. The largest absolute Gasteiger partial charge is 0.411 e. The molecule has 70 valence electrons. The maximum absolute atomic E-state index is 8.62. The number of benzene rings is 1. The number of hydrogen-bond acceptors (Lipinski definition) is 3. The molecule has 0 fully saturated rings. The fourth-order valence-corrected chi connectivity index (χ4v) is 1.32. The van der Waals surface area contributed by atoms with E-state index in [9.17, 15) is 0 Å². The molecular formula is C9H12NO2P.